The van der Waals surface area contributed by atoms with E-state index in [0.29, 0.717) is 12.4 Å². The molecule has 0 fully saturated rings. The number of hydrogen-bond acceptors (Lipinski definition) is 4. The molecule has 1 heterocycles. The van der Waals surface area contributed by atoms with Gasteiger partial charge in [-0.25, -0.2) is 0 Å². The minimum atomic E-state index is 0.653. The molecule has 1 N–H and O–H groups in total. The molecule has 0 bridgehead atoms. The monoisotopic (exact) mass is 273 g/mol. The van der Waals surface area contributed by atoms with Crippen LogP contribution in [0.4, 0.5) is 0 Å². The molecule has 0 aliphatic carbocycles. The molecule has 0 atom stereocenters. The van der Waals surface area contributed by atoms with Crippen LogP contribution in [0, 0.1) is 5.92 Å². The first-order valence-electron chi connectivity index (χ1n) is 7.30. The normalized spacial score (nSPS) is 11.2. The highest BCUT2D eigenvalue weighted by atomic mass is 16.5. The average molecular weight is 273 g/mol. The molecule has 2 rings (SSSR count). The molecule has 0 unspecified atom stereocenters. The summed E-state index contributed by atoms with van der Waals surface area (Å²) in [7, 11) is 0. The highest BCUT2D eigenvalue weighted by Crippen LogP contribution is 2.06. The lowest BCUT2D eigenvalue weighted by Crippen LogP contribution is -2.15. The maximum Gasteiger partial charge on any atom is 0.240 e. The van der Waals surface area contributed by atoms with Crippen molar-refractivity contribution < 1.29 is 4.52 Å². The summed E-state index contributed by atoms with van der Waals surface area (Å²) in [5.41, 5.74) is 1.20. The van der Waals surface area contributed by atoms with Crippen LogP contribution in [-0.4, -0.2) is 16.7 Å². The number of nitrogens with zero attached hydrogens (tertiary/aromatic N) is 2. The molecule has 1 aromatic heterocycles. The van der Waals surface area contributed by atoms with E-state index < -0.39 is 0 Å². The molecule has 20 heavy (non-hydrogen) atoms. The van der Waals surface area contributed by atoms with Crippen LogP contribution in [0.1, 0.15) is 44.0 Å². The second-order valence-corrected chi connectivity index (χ2v) is 5.48. The van der Waals surface area contributed by atoms with Crippen molar-refractivity contribution in [3.8, 4) is 0 Å². The van der Waals surface area contributed by atoms with E-state index in [2.05, 4.69) is 41.4 Å². The Hall–Kier alpha value is -1.68. The van der Waals surface area contributed by atoms with Gasteiger partial charge in [-0.05, 0) is 30.9 Å². The fourth-order valence-corrected chi connectivity index (χ4v) is 2.04. The van der Waals surface area contributed by atoms with Crippen LogP contribution in [0.2, 0.25) is 0 Å². The second-order valence-electron chi connectivity index (χ2n) is 5.48. The fourth-order valence-electron chi connectivity index (χ4n) is 2.04. The van der Waals surface area contributed by atoms with Crippen molar-refractivity contribution in [2.45, 2.75) is 39.7 Å². The molecule has 0 aliphatic heterocycles. The van der Waals surface area contributed by atoms with Crippen molar-refractivity contribution in [2.24, 2.45) is 5.92 Å². The minimum Gasteiger partial charge on any atom is -0.338 e. The highest BCUT2D eigenvalue weighted by Gasteiger charge is 2.06. The van der Waals surface area contributed by atoms with Crippen LogP contribution >= 0.6 is 0 Å². The summed E-state index contributed by atoms with van der Waals surface area (Å²) in [6, 6.07) is 10.2. The lowest BCUT2D eigenvalue weighted by molar-refractivity contribution is 0.362. The largest absolute Gasteiger partial charge is 0.338 e. The smallest absolute Gasteiger partial charge is 0.240 e. The molecule has 0 spiro atoms. The summed E-state index contributed by atoms with van der Waals surface area (Å²) in [6.07, 6.45) is 3.15. The number of hydrogen-bond donors (Lipinski definition) is 1. The average Bonchev–Trinajstić information content (AvgIpc) is 2.87. The summed E-state index contributed by atoms with van der Waals surface area (Å²) < 4.78 is 5.24. The summed E-state index contributed by atoms with van der Waals surface area (Å²) >= 11 is 0. The molecular weight excluding hydrogens is 250 g/mol. The topological polar surface area (TPSA) is 51.0 Å². The molecule has 0 saturated carbocycles. The first kappa shape index (κ1) is 14.7. The second kappa shape index (κ2) is 7.80. The van der Waals surface area contributed by atoms with Crippen LogP contribution in [0.15, 0.2) is 34.9 Å². The van der Waals surface area contributed by atoms with E-state index in [9.17, 15) is 0 Å². The van der Waals surface area contributed by atoms with Gasteiger partial charge in [0.2, 0.25) is 5.89 Å². The van der Waals surface area contributed by atoms with E-state index in [1.165, 1.54) is 18.4 Å². The zero-order valence-electron chi connectivity index (χ0n) is 12.3. The van der Waals surface area contributed by atoms with E-state index in [0.717, 1.165) is 24.7 Å². The van der Waals surface area contributed by atoms with Crippen molar-refractivity contribution in [1.82, 2.24) is 15.5 Å². The van der Waals surface area contributed by atoms with Crippen LogP contribution in [0.3, 0.4) is 0 Å². The zero-order chi connectivity index (χ0) is 14.2. The molecule has 0 saturated heterocycles. The molecule has 4 heteroatoms. The Labute approximate surface area is 120 Å². The van der Waals surface area contributed by atoms with Crippen LogP contribution in [0.5, 0.6) is 0 Å². The zero-order valence-corrected chi connectivity index (χ0v) is 12.3. The first-order chi connectivity index (χ1) is 9.74. The van der Waals surface area contributed by atoms with E-state index in [4.69, 9.17) is 4.52 Å². The van der Waals surface area contributed by atoms with Crippen LogP contribution in [-0.2, 0) is 13.0 Å². The molecular formula is C16H23N3O. The Balaban J connectivity index is 1.72. The summed E-state index contributed by atoms with van der Waals surface area (Å²) in [6.45, 7) is 6.14. The van der Waals surface area contributed by atoms with Crippen molar-refractivity contribution in [2.75, 3.05) is 6.54 Å². The molecule has 0 aliphatic rings. The maximum atomic E-state index is 5.24. The first-order valence-corrected chi connectivity index (χ1v) is 7.30. The summed E-state index contributed by atoms with van der Waals surface area (Å²) in [4.78, 5) is 4.40. The predicted molar refractivity (Wildman–Crippen MR) is 79.3 cm³/mol. The molecule has 0 amide bonds. The van der Waals surface area contributed by atoms with Gasteiger partial charge in [-0.3, -0.25) is 0 Å². The van der Waals surface area contributed by atoms with Gasteiger partial charge in [0, 0.05) is 6.42 Å². The van der Waals surface area contributed by atoms with Gasteiger partial charge in [-0.15, -0.1) is 0 Å². The van der Waals surface area contributed by atoms with Gasteiger partial charge in [0.25, 0.3) is 0 Å². The van der Waals surface area contributed by atoms with Crippen molar-refractivity contribution in [3.05, 3.63) is 47.6 Å². The van der Waals surface area contributed by atoms with E-state index in [1.54, 1.807) is 0 Å². The molecule has 1 aromatic carbocycles. The van der Waals surface area contributed by atoms with Crippen LogP contribution in [0.25, 0.3) is 0 Å². The standard InChI is InChI=1S/C16H23N3O/c1-13(2)7-6-10-17-12-16-18-15(19-20-16)11-14-8-4-3-5-9-14/h3-5,8-9,13,17H,6-7,10-12H2,1-2H3. The Morgan fingerprint density at radius 1 is 1.20 bits per heavy atom. The fraction of sp³-hybridized carbons (Fsp3) is 0.500. The van der Waals surface area contributed by atoms with Crippen molar-refractivity contribution >= 4 is 0 Å². The molecule has 2 aromatic rings. The Kier molecular flexibility index (Phi) is 5.74. The van der Waals surface area contributed by atoms with Crippen molar-refractivity contribution in [3.63, 3.8) is 0 Å². The Morgan fingerprint density at radius 3 is 2.75 bits per heavy atom. The van der Waals surface area contributed by atoms with Gasteiger partial charge in [0.1, 0.15) is 0 Å². The third-order valence-electron chi connectivity index (χ3n) is 3.13. The Morgan fingerprint density at radius 2 is 2.00 bits per heavy atom. The quantitative estimate of drug-likeness (QED) is 0.750. The van der Waals surface area contributed by atoms with Gasteiger partial charge in [0.05, 0.1) is 6.54 Å². The van der Waals surface area contributed by atoms with Gasteiger partial charge in [0.15, 0.2) is 5.82 Å². The van der Waals surface area contributed by atoms with Crippen molar-refractivity contribution in [1.29, 1.82) is 0 Å². The summed E-state index contributed by atoms with van der Waals surface area (Å²) in [5, 5.41) is 7.35. The Bertz CT molecular complexity index is 493. The lowest BCUT2D eigenvalue weighted by Gasteiger charge is -2.04. The SMILES string of the molecule is CC(C)CCCNCc1nc(Cc2ccccc2)no1. The van der Waals surface area contributed by atoms with Gasteiger partial charge < -0.3 is 9.84 Å². The minimum absolute atomic E-state index is 0.653. The maximum absolute atomic E-state index is 5.24. The van der Waals surface area contributed by atoms with E-state index in [-0.39, 0.29) is 0 Å². The third-order valence-corrected chi connectivity index (χ3v) is 3.13. The summed E-state index contributed by atoms with van der Waals surface area (Å²) in [5.74, 6) is 2.17. The number of aromatic nitrogens is 2. The molecule has 0 radical (unpaired) electrons. The number of nitrogens with one attached hydrogen (secondary N) is 1. The number of rotatable bonds is 8. The van der Waals surface area contributed by atoms with E-state index >= 15 is 0 Å². The van der Waals surface area contributed by atoms with Gasteiger partial charge >= 0.3 is 0 Å². The molecule has 4 nitrogen and oxygen atoms in total. The predicted octanol–water partition coefficient (Wildman–Crippen LogP) is 3.19. The van der Waals surface area contributed by atoms with Gasteiger partial charge in [-0.1, -0.05) is 49.3 Å². The lowest BCUT2D eigenvalue weighted by atomic mass is 10.1. The third kappa shape index (κ3) is 5.13. The highest BCUT2D eigenvalue weighted by molar-refractivity contribution is 5.18. The molecule has 108 valence electrons. The van der Waals surface area contributed by atoms with E-state index in [1.807, 2.05) is 18.2 Å². The number of benzene rings is 1. The van der Waals surface area contributed by atoms with Gasteiger partial charge in [-0.2, -0.15) is 4.98 Å². The van der Waals surface area contributed by atoms with Crippen LogP contribution < -0.4 is 5.32 Å².